The van der Waals surface area contributed by atoms with Gasteiger partial charge in [-0.1, -0.05) is 36.4 Å². The minimum Gasteiger partial charge on any atom is -0.365 e. The molecule has 0 fully saturated rings. The second-order valence-electron chi connectivity index (χ2n) is 7.26. The molecule has 0 saturated carbocycles. The van der Waals surface area contributed by atoms with E-state index in [1.807, 2.05) is 47.0 Å². The molecule has 130 valence electrons. The Morgan fingerprint density at radius 2 is 1.65 bits per heavy atom. The van der Waals surface area contributed by atoms with Gasteiger partial charge in [0, 0.05) is 23.5 Å². The maximum Gasteiger partial charge on any atom is 0.157 e. The Morgan fingerprint density at radius 3 is 2.42 bits per heavy atom. The van der Waals surface area contributed by atoms with Gasteiger partial charge in [0.1, 0.15) is 11.5 Å². The lowest BCUT2D eigenvalue weighted by Gasteiger charge is -2.22. The fourth-order valence-electron chi connectivity index (χ4n) is 2.90. The zero-order chi connectivity index (χ0) is 18.1. The van der Waals surface area contributed by atoms with Crippen molar-refractivity contribution >= 4 is 11.5 Å². The number of hydrogen-bond acceptors (Lipinski definition) is 4. The van der Waals surface area contributed by atoms with Crippen molar-refractivity contribution < 1.29 is 0 Å². The maximum atomic E-state index is 4.86. The molecule has 1 aromatic carbocycles. The van der Waals surface area contributed by atoms with Crippen LogP contribution in [-0.2, 0) is 0 Å². The monoisotopic (exact) mass is 343 g/mol. The predicted molar refractivity (Wildman–Crippen MR) is 105 cm³/mol. The van der Waals surface area contributed by atoms with Gasteiger partial charge in [-0.2, -0.15) is 0 Å². The zero-order valence-electron chi connectivity index (χ0n) is 15.1. The number of rotatable bonds is 3. The minimum absolute atomic E-state index is 0.106. The molecule has 3 heterocycles. The average Bonchev–Trinajstić information content (AvgIpc) is 3.00. The van der Waals surface area contributed by atoms with E-state index >= 15 is 0 Å². The molecule has 0 aliphatic carbocycles. The molecule has 26 heavy (non-hydrogen) atoms. The smallest absolute Gasteiger partial charge is 0.157 e. The molecule has 0 bridgehead atoms. The molecule has 5 heteroatoms. The van der Waals surface area contributed by atoms with Crippen LogP contribution in [0.2, 0.25) is 0 Å². The van der Waals surface area contributed by atoms with Gasteiger partial charge in [-0.3, -0.25) is 9.38 Å². The number of imidazole rings is 1. The number of nitrogens with zero attached hydrogens (tertiary/aromatic N) is 4. The van der Waals surface area contributed by atoms with Crippen LogP contribution in [0.4, 0.5) is 5.82 Å². The second-order valence-corrected chi connectivity index (χ2v) is 7.26. The Hall–Kier alpha value is -3.21. The SMILES string of the molecule is CC(C)(C)Nc1c(-c2cccc(-c3ccccc3)n2)nc2cnccn12. The molecule has 0 radical (unpaired) electrons. The van der Waals surface area contributed by atoms with Gasteiger partial charge in [0.2, 0.25) is 0 Å². The fraction of sp³-hybridized carbons (Fsp3) is 0.190. The van der Waals surface area contributed by atoms with E-state index in [9.17, 15) is 0 Å². The van der Waals surface area contributed by atoms with E-state index in [4.69, 9.17) is 9.97 Å². The molecular formula is C21H21N5. The van der Waals surface area contributed by atoms with Gasteiger partial charge in [0.15, 0.2) is 5.65 Å². The summed E-state index contributed by atoms with van der Waals surface area (Å²) >= 11 is 0. The summed E-state index contributed by atoms with van der Waals surface area (Å²) in [6.07, 6.45) is 5.44. The van der Waals surface area contributed by atoms with Gasteiger partial charge in [-0.05, 0) is 32.9 Å². The molecule has 0 spiro atoms. The highest BCUT2D eigenvalue weighted by Crippen LogP contribution is 2.30. The summed E-state index contributed by atoms with van der Waals surface area (Å²) < 4.78 is 2.02. The summed E-state index contributed by atoms with van der Waals surface area (Å²) in [5.41, 5.74) is 4.36. The van der Waals surface area contributed by atoms with Crippen molar-refractivity contribution in [1.82, 2.24) is 19.4 Å². The molecule has 0 aliphatic heterocycles. The summed E-state index contributed by atoms with van der Waals surface area (Å²) in [6.45, 7) is 6.39. The van der Waals surface area contributed by atoms with E-state index in [2.05, 4.69) is 43.2 Å². The number of anilines is 1. The zero-order valence-corrected chi connectivity index (χ0v) is 15.1. The first-order valence-electron chi connectivity index (χ1n) is 8.64. The van der Waals surface area contributed by atoms with Crippen molar-refractivity contribution in [1.29, 1.82) is 0 Å². The molecule has 1 N–H and O–H groups in total. The number of fused-ring (bicyclic) bond motifs is 1. The van der Waals surface area contributed by atoms with Crippen LogP contribution < -0.4 is 5.32 Å². The summed E-state index contributed by atoms with van der Waals surface area (Å²) in [7, 11) is 0. The minimum atomic E-state index is -0.106. The van der Waals surface area contributed by atoms with Gasteiger partial charge in [-0.25, -0.2) is 9.97 Å². The van der Waals surface area contributed by atoms with Crippen LogP contribution in [0.25, 0.3) is 28.3 Å². The lowest BCUT2D eigenvalue weighted by atomic mass is 10.1. The highest BCUT2D eigenvalue weighted by Gasteiger charge is 2.20. The van der Waals surface area contributed by atoms with Gasteiger partial charge < -0.3 is 5.32 Å². The quantitative estimate of drug-likeness (QED) is 0.587. The highest BCUT2D eigenvalue weighted by molar-refractivity contribution is 5.76. The second kappa shape index (κ2) is 6.26. The van der Waals surface area contributed by atoms with E-state index in [-0.39, 0.29) is 5.54 Å². The average molecular weight is 343 g/mol. The van der Waals surface area contributed by atoms with Crippen LogP contribution >= 0.6 is 0 Å². The maximum absolute atomic E-state index is 4.86. The first-order valence-corrected chi connectivity index (χ1v) is 8.64. The van der Waals surface area contributed by atoms with E-state index in [1.54, 1.807) is 12.4 Å². The molecule has 0 atom stereocenters. The summed E-state index contributed by atoms with van der Waals surface area (Å²) in [4.78, 5) is 13.8. The molecule has 4 rings (SSSR count). The molecule has 0 unspecified atom stereocenters. The third-order valence-electron chi connectivity index (χ3n) is 3.98. The van der Waals surface area contributed by atoms with Crippen LogP contribution in [0, 0.1) is 0 Å². The summed E-state index contributed by atoms with van der Waals surface area (Å²) in [5, 5.41) is 3.56. The largest absolute Gasteiger partial charge is 0.365 e. The Balaban J connectivity index is 1.88. The predicted octanol–water partition coefficient (Wildman–Crippen LogP) is 4.67. The van der Waals surface area contributed by atoms with Crippen LogP contribution in [0.1, 0.15) is 20.8 Å². The van der Waals surface area contributed by atoms with E-state index in [0.717, 1.165) is 34.1 Å². The Bertz CT molecular complexity index is 1040. The van der Waals surface area contributed by atoms with E-state index in [0.29, 0.717) is 0 Å². The van der Waals surface area contributed by atoms with Crippen LogP contribution in [-0.4, -0.2) is 24.9 Å². The van der Waals surface area contributed by atoms with E-state index in [1.165, 1.54) is 0 Å². The standard InChI is InChI=1S/C21H21N5/c1-21(2,3)25-20-19(24-18-14-22-12-13-26(18)20)17-11-7-10-16(23-17)15-8-5-4-6-9-15/h4-14,25H,1-3H3. The molecule has 4 aromatic rings. The highest BCUT2D eigenvalue weighted by atomic mass is 15.2. The lowest BCUT2D eigenvalue weighted by molar-refractivity contribution is 0.629. The van der Waals surface area contributed by atoms with Crippen LogP contribution in [0.3, 0.4) is 0 Å². The molecule has 0 amide bonds. The Labute approximate surface area is 152 Å². The number of nitrogens with one attached hydrogen (secondary N) is 1. The van der Waals surface area contributed by atoms with Gasteiger partial charge >= 0.3 is 0 Å². The number of hydrogen-bond donors (Lipinski definition) is 1. The Kier molecular flexibility index (Phi) is 3.92. The first kappa shape index (κ1) is 16.3. The number of pyridine rings is 1. The van der Waals surface area contributed by atoms with Crippen molar-refractivity contribution in [2.45, 2.75) is 26.3 Å². The molecule has 0 aliphatic rings. The summed E-state index contributed by atoms with van der Waals surface area (Å²) in [5.74, 6) is 0.924. The number of benzene rings is 1. The van der Waals surface area contributed by atoms with Crippen molar-refractivity contribution in [3.05, 3.63) is 67.1 Å². The molecular weight excluding hydrogens is 322 g/mol. The van der Waals surface area contributed by atoms with Crippen molar-refractivity contribution in [3.8, 4) is 22.6 Å². The van der Waals surface area contributed by atoms with Gasteiger partial charge in [-0.15, -0.1) is 0 Å². The van der Waals surface area contributed by atoms with Gasteiger partial charge in [0.05, 0.1) is 17.6 Å². The molecule has 5 nitrogen and oxygen atoms in total. The molecule has 3 aromatic heterocycles. The third-order valence-corrected chi connectivity index (χ3v) is 3.98. The summed E-state index contributed by atoms with van der Waals surface area (Å²) in [6, 6.07) is 16.2. The van der Waals surface area contributed by atoms with Crippen LogP contribution in [0.15, 0.2) is 67.1 Å². The molecule has 0 saturated heterocycles. The van der Waals surface area contributed by atoms with Crippen LogP contribution in [0.5, 0.6) is 0 Å². The van der Waals surface area contributed by atoms with Gasteiger partial charge in [0.25, 0.3) is 0 Å². The van der Waals surface area contributed by atoms with Crippen molar-refractivity contribution in [2.24, 2.45) is 0 Å². The van der Waals surface area contributed by atoms with Crippen molar-refractivity contribution in [2.75, 3.05) is 5.32 Å². The van der Waals surface area contributed by atoms with E-state index < -0.39 is 0 Å². The number of aromatic nitrogens is 4. The normalized spacial score (nSPS) is 11.7. The lowest BCUT2D eigenvalue weighted by Crippen LogP contribution is -2.27. The fourth-order valence-corrected chi connectivity index (χ4v) is 2.90. The third kappa shape index (κ3) is 3.16. The topological polar surface area (TPSA) is 55.1 Å². The first-order chi connectivity index (χ1) is 12.5. The Morgan fingerprint density at radius 1 is 0.885 bits per heavy atom. The van der Waals surface area contributed by atoms with Crippen molar-refractivity contribution in [3.63, 3.8) is 0 Å².